The van der Waals surface area contributed by atoms with Crippen LogP contribution in [0.1, 0.15) is 28.4 Å². The van der Waals surface area contributed by atoms with Crippen LogP contribution >= 0.6 is 11.8 Å². The van der Waals surface area contributed by atoms with Crippen molar-refractivity contribution in [2.24, 2.45) is 0 Å². The Kier molecular flexibility index (Phi) is 6.87. The molecule has 160 valence electrons. The van der Waals surface area contributed by atoms with Gasteiger partial charge in [-0.3, -0.25) is 19.1 Å². The lowest BCUT2D eigenvalue weighted by molar-refractivity contribution is -0.116. The summed E-state index contributed by atoms with van der Waals surface area (Å²) < 4.78 is 2.02. The highest BCUT2D eigenvalue weighted by Crippen LogP contribution is 2.25. The Morgan fingerprint density at radius 1 is 0.906 bits per heavy atom. The minimum Gasteiger partial charge on any atom is -0.298 e. The van der Waals surface area contributed by atoms with E-state index in [1.165, 1.54) is 18.7 Å². The molecule has 0 N–H and O–H groups in total. The summed E-state index contributed by atoms with van der Waals surface area (Å²) in [7, 11) is 0. The Bertz CT molecular complexity index is 1210. The second kappa shape index (κ2) is 10.2. The van der Waals surface area contributed by atoms with Crippen LogP contribution in [0.5, 0.6) is 0 Å². The molecule has 0 aliphatic carbocycles. The number of carbonyl (C=O) groups excluding carboxylic acids is 2. The summed E-state index contributed by atoms with van der Waals surface area (Å²) in [6, 6.07) is 21.1. The highest BCUT2D eigenvalue weighted by atomic mass is 32.2. The Morgan fingerprint density at radius 2 is 1.69 bits per heavy atom. The molecule has 32 heavy (non-hydrogen) atoms. The van der Waals surface area contributed by atoms with E-state index in [4.69, 9.17) is 0 Å². The van der Waals surface area contributed by atoms with Crippen LogP contribution in [0.2, 0.25) is 0 Å². The Hall–Kier alpha value is -3.58. The predicted octanol–water partition coefficient (Wildman–Crippen LogP) is 4.49. The second-order valence-corrected chi connectivity index (χ2v) is 8.32. The van der Waals surface area contributed by atoms with Crippen LogP contribution < -0.4 is 0 Å². The van der Waals surface area contributed by atoms with Crippen LogP contribution in [-0.4, -0.2) is 37.1 Å². The van der Waals surface area contributed by atoms with E-state index in [2.05, 4.69) is 27.3 Å². The third-order valence-electron chi connectivity index (χ3n) is 4.94. The first-order chi connectivity index (χ1) is 15.6. The van der Waals surface area contributed by atoms with E-state index in [1.54, 1.807) is 24.5 Å². The Balaban J connectivity index is 1.49. The molecular weight excluding hydrogens is 420 g/mol. The molecule has 0 aliphatic heterocycles. The molecule has 0 spiro atoms. The van der Waals surface area contributed by atoms with Gasteiger partial charge in [0, 0.05) is 29.9 Å². The topological polar surface area (TPSA) is 77.7 Å². The van der Waals surface area contributed by atoms with Gasteiger partial charge in [0.25, 0.3) is 0 Å². The molecular formula is C25H22N4O2S. The van der Waals surface area contributed by atoms with E-state index in [0.29, 0.717) is 23.7 Å². The molecule has 7 heteroatoms. The fraction of sp³-hybridized carbons (Fsp3) is 0.160. The first-order valence-electron chi connectivity index (χ1n) is 10.2. The fourth-order valence-electron chi connectivity index (χ4n) is 3.29. The second-order valence-electron chi connectivity index (χ2n) is 7.38. The number of pyridine rings is 1. The van der Waals surface area contributed by atoms with Crippen LogP contribution in [-0.2, 0) is 17.8 Å². The summed E-state index contributed by atoms with van der Waals surface area (Å²) >= 11 is 1.38. The van der Waals surface area contributed by atoms with Crippen molar-refractivity contribution in [2.75, 3.05) is 5.75 Å². The number of ketones is 2. The Labute approximate surface area is 190 Å². The molecule has 0 fully saturated rings. The van der Waals surface area contributed by atoms with Crippen molar-refractivity contribution in [3.8, 4) is 11.4 Å². The van der Waals surface area contributed by atoms with Gasteiger partial charge in [0.15, 0.2) is 16.8 Å². The normalized spacial score (nSPS) is 10.8. The lowest BCUT2D eigenvalue weighted by atomic mass is 10.1. The number of benzene rings is 2. The standard InChI is InChI=1S/C25H22N4O2S/c1-18(30)21-11-9-19(10-12-21)14-23(31)17-32-25-28-27-24(22-8-5-13-26-15-22)29(25)16-20-6-3-2-4-7-20/h2-13,15H,14,16-17H2,1H3. The van der Waals surface area contributed by atoms with E-state index in [0.717, 1.165) is 22.5 Å². The fourth-order valence-corrected chi connectivity index (χ4v) is 4.09. The third kappa shape index (κ3) is 5.36. The largest absolute Gasteiger partial charge is 0.298 e. The van der Waals surface area contributed by atoms with Crippen molar-refractivity contribution >= 4 is 23.3 Å². The number of carbonyl (C=O) groups is 2. The minimum atomic E-state index is 0.0144. The summed E-state index contributed by atoms with van der Waals surface area (Å²) in [5.74, 6) is 1.11. The van der Waals surface area contributed by atoms with Crippen LogP contribution in [0.25, 0.3) is 11.4 Å². The molecule has 2 heterocycles. The minimum absolute atomic E-state index is 0.0144. The Morgan fingerprint density at radius 3 is 2.38 bits per heavy atom. The van der Waals surface area contributed by atoms with Gasteiger partial charge >= 0.3 is 0 Å². The van der Waals surface area contributed by atoms with Crippen LogP contribution in [0, 0.1) is 0 Å². The molecule has 2 aromatic heterocycles. The average molecular weight is 443 g/mol. The number of nitrogens with zero attached hydrogens (tertiary/aromatic N) is 4. The molecule has 2 aromatic carbocycles. The molecule has 0 saturated carbocycles. The number of hydrogen-bond donors (Lipinski definition) is 0. The van der Waals surface area contributed by atoms with E-state index < -0.39 is 0 Å². The molecule has 6 nitrogen and oxygen atoms in total. The van der Waals surface area contributed by atoms with Crippen LogP contribution in [0.4, 0.5) is 0 Å². The van der Waals surface area contributed by atoms with Gasteiger partial charge in [-0.1, -0.05) is 66.4 Å². The number of rotatable bonds is 9. The monoisotopic (exact) mass is 442 g/mol. The molecule has 0 saturated heterocycles. The van der Waals surface area contributed by atoms with Crippen molar-refractivity contribution < 1.29 is 9.59 Å². The summed E-state index contributed by atoms with van der Waals surface area (Å²) in [6.07, 6.45) is 3.79. The maximum absolute atomic E-state index is 12.6. The summed E-state index contributed by atoms with van der Waals surface area (Å²) in [6.45, 7) is 2.13. The third-order valence-corrected chi connectivity index (χ3v) is 5.97. The highest BCUT2D eigenvalue weighted by molar-refractivity contribution is 7.99. The van der Waals surface area contributed by atoms with E-state index >= 15 is 0 Å². The van der Waals surface area contributed by atoms with Gasteiger partial charge in [-0.05, 0) is 30.2 Å². The highest BCUT2D eigenvalue weighted by Gasteiger charge is 2.16. The van der Waals surface area contributed by atoms with Gasteiger partial charge in [0.05, 0.1) is 12.3 Å². The van der Waals surface area contributed by atoms with Crippen molar-refractivity contribution in [3.63, 3.8) is 0 Å². The molecule has 0 aliphatic rings. The smallest absolute Gasteiger partial charge is 0.192 e. The van der Waals surface area contributed by atoms with Crippen molar-refractivity contribution in [3.05, 3.63) is 95.8 Å². The van der Waals surface area contributed by atoms with E-state index in [9.17, 15) is 9.59 Å². The zero-order valence-corrected chi connectivity index (χ0v) is 18.5. The van der Waals surface area contributed by atoms with Crippen LogP contribution in [0.15, 0.2) is 84.3 Å². The predicted molar refractivity (Wildman–Crippen MR) is 125 cm³/mol. The summed E-state index contributed by atoms with van der Waals surface area (Å²) in [5.41, 5.74) is 3.53. The zero-order chi connectivity index (χ0) is 22.3. The van der Waals surface area contributed by atoms with Crippen molar-refractivity contribution in [1.82, 2.24) is 19.7 Å². The van der Waals surface area contributed by atoms with Gasteiger partial charge in [-0.15, -0.1) is 10.2 Å². The first kappa shape index (κ1) is 21.6. The molecule has 0 unspecified atom stereocenters. The molecule has 0 bridgehead atoms. The molecule has 0 amide bonds. The molecule has 4 rings (SSSR count). The van der Waals surface area contributed by atoms with Crippen LogP contribution in [0.3, 0.4) is 0 Å². The molecule has 0 atom stereocenters. The van der Waals surface area contributed by atoms with Crippen molar-refractivity contribution in [2.45, 2.75) is 25.0 Å². The lowest BCUT2D eigenvalue weighted by Crippen LogP contribution is -2.09. The maximum atomic E-state index is 12.6. The lowest BCUT2D eigenvalue weighted by Gasteiger charge is -2.10. The first-order valence-corrected chi connectivity index (χ1v) is 11.2. The maximum Gasteiger partial charge on any atom is 0.192 e. The van der Waals surface area contributed by atoms with E-state index in [-0.39, 0.29) is 17.3 Å². The quantitative estimate of drug-likeness (QED) is 0.281. The van der Waals surface area contributed by atoms with Gasteiger partial charge in [0.2, 0.25) is 0 Å². The molecule has 4 aromatic rings. The number of Topliss-reactive ketones (excluding diaryl/α,β-unsaturated/α-hetero) is 2. The zero-order valence-electron chi connectivity index (χ0n) is 17.6. The number of hydrogen-bond acceptors (Lipinski definition) is 6. The summed E-state index contributed by atoms with van der Waals surface area (Å²) in [4.78, 5) is 28.2. The summed E-state index contributed by atoms with van der Waals surface area (Å²) in [5, 5.41) is 9.42. The van der Waals surface area contributed by atoms with E-state index in [1.807, 2.05) is 47.0 Å². The number of thioether (sulfide) groups is 1. The average Bonchev–Trinajstić information content (AvgIpc) is 3.21. The van der Waals surface area contributed by atoms with Gasteiger partial charge < -0.3 is 0 Å². The van der Waals surface area contributed by atoms with Gasteiger partial charge in [-0.25, -0.2) is 0 Å². The molecule has 0 radical (unpaired) electrons. The van der Waals surface area contributed by atoms with Gasteiger partial charge in [-0.2, -0.15) is 0 Å². The number of aromatic nitrogens is 4. The van der Waals surface area contributed by atoms with Gasteiger partial charge in [0.1, 0.15) is 5.78 Å². The van der Waals surface area contributed by atoms with Crippen molar-refractivity contribution in [1.29, 1.82) is 0 Å². The SMILES string of the molecule is CC(=O)c1ccc(CC(=O)CSc2nnc(-c3cccnc3)n2Cc2ccccc2)cc1.